The molecule has 0 aliphatic carbocycles. The third-order valence-corrected chi connectivity index (χ3v) is 6.54. The van der Waals surface area contributed by atoms with E-state index in [1.165, 1.54) is 24.2 Å². The number of esters is 1. The van der Waals surface area contributed by atoms with Crippen LogP contribution in [0.4, 0.5) is 5.69 Å². The number of aromatic amines is 1. The Morgan fingerprint density at radius 1 is 1.22 bits per heavy atom. The predicted octanol–water partition coefficient (Wildman–Crippen LogP) is 3.58. The van der Waals surface area contributed by atoms with E-state index < -0.39 is 6.04 Å². The Morgan fingerprint density at radius 2 is 2.10 bits per heavy atom. The number of fused-ring (bicyclic) bond motifs is 4. The number of carbonyl (C=O) groups excluding carboxylic acids is 3. The van der Waals surface area contributed by atoms with Crippen LogP contribution in [0.15, 0.2) is 67.2 Å². The minimum absolute atomic E-state index is 0.0712. The smallest absolute Gasteiger partial charge is 0.309 e. The van der Waals surface area contributed by atoms with Crippen molar-refractivity contribution in [1.29, 1.82) is 0 Å². The lowest BCUT2D eigenvalue weighted by Crippen LogP contribution is -2.27. The Hall–Kier alpha value is -5.10. The highest BCUT2D eigenvalue weighted by atomic mass is 35.5. The summed E-state index contributed by atoms with van der Waals surface area (Å²) in [5, 5.41) is 17.6. The highest BCUT2D eigenvalue weighted by Crippen LogP contribution is 2.30. The molecule has 41 heavy (non-hydrogen) atoms. The highest BCUT2D eigenvalue weighted by molar-refractivity contribution is 6.30. The van der Waals surface area contributed by atoms with Gasteiger partial charge in [-0.15, -0.1) is 5.10 Å². The van der Waals surface area contributed by atoms with Gasteiger partial charge in [-0.2, -0.15) is 4.68 Å². The van der Waals surface area contributed by atoms with Crippen LogP contribution in [0, 0.1) is 0 Å². The third-order valence-electron chi connectivity index (χ3n) is 6.31. The fraction of sp³-hybridized carbons (Fsp3) is 0.179. The molecule has 12 nitrogen and oxygen atoms in total. The number of amides is 2. The van der Waals surface area contributed by atoms with Crippen molar-refractivity contribution < 1.29 is 19.1 Å². The van der Waals surface area contributed by atoms with Crippen molar-refractivity contribution >= 4 is 41.1 Å². The van der Waals surface area contributed by atoms with Crippen molar-refractivity contribution in [2.24, 2.45) is 0 Å². The van der Waals surface area contributed by atoms with Gasteiger partial charge in [0.2, 0.25) is 11.8 Å². The molecule has 1 atom stereocenters. The second kappa shape index (κ2) is 12.4. The van der Waals surface area contributed by atoms with E-state index in [2.05, 4.69) is 36.1 Å². The average molecular weight is 573 g/mol. The van der Waals surface area contributed by atoms with Crippen LogP contribution in [0.2, 0.25) is 5.02 Å². The summed E-state index contributed by atoms with van der Waals surface area (Å²) in [7, 11) is 1.33. The number of rotatable bonds is 6. The number of imidazole rings is 1. The quantitative estimate of drug-likeness (QED) is 0.180. The van der Waals surface area contributed by atoms with Gasteiger partial charge >= 0.3 is 5.97 Å². The summed E-state index contributed by atoms with van der Waals surface area (Å²) < 4.78 is 6.24. The predicted molar refractivity (Wildman–Crippen MR) is 151 cm³/mol. The first-order valence-corrected chi connectivity index (χ1v) is 13.0. The number of nitrogens with one attached hydrogen (secondary N) is 3. The van der Waals surface area contributed by atoms with E-state index in [9.17, 15) is 14.4 Å². The summed E-state index contributed by atoms with van der Waals surface area (Å²) in [4.78, 5) is 45.2. The van der Waals surface area contributed by atoms with Crippen LogP contribution in [-0.4, -0.2) is 55.1 Å². The molecule has 0 fully saturated rings. The number of carbonyl (C=O) groups is 3. The number of aromatic nitrogens is 6. The Morgan fingerprint density at radius 3 is 2.90 bits per heavy atom. The minimum Gasteiger partial charge on any atom is -0.469 e. The molecule has 4 aromatic rings. The molecule has 13 heteroatoms. The van der Waals surface area contributed by atoms with Gasteiger partial charge in [-0.25, -0.2) is 4.98 Å². The number of H-pyrrole nitrogens is 1. The summed E-state index contributed by atoms with van der Waals surface area (Å²) in [6.45, 7) is 0. The molecule has 0 unspecified atom stereocenters. The van der Waals surface area contributed by atoms with E-state index in [1.807, 2.05) is 6.08 Å². The molecule has 2 aromatic heterocycles. The second-order valence-corrected chi connectivity index (χ2v) is 9.56. The Bertz CT molecular complexity index is 1640. The van der Waals surface area contributed by atoms with Crippen LogP contribution in [0.1, 0.15) is 35.8 Å². The Labute approximate surface area is 239 Å². The molecule has 2 bridgehead atoms. The molecule has 0 saturated heterocycles. The summed E-state index contributed by atoms with van der Waals surface area (Å²) in [6, 6.07) is 10.0. The first-order valence-electron chi connectivity index (χ1n) is 12.6. The molecule has 0 radical (unpaired) electrons. The van der Waals surface area contributed by atoms with Crippen molar-refractivity contribution in [3.05, 3.63) is 89.1 Å². The topological polar surface area (TPSA) is 157 Å². The van der Waals surface area contributed by atoms with E-state index in [0.717, 1.165) is 0 Å². The number of hydrogen-bond acceptors (Lipinski definition) is 8. The molecule has 2 aromatic carbocycles. The van der Waals surface area contributed by atoms with Gasteiger partial charge in [0.05, 0.1) is 42.8 Å². The molecule has 1 aliphatic rings. The zero-order valence-corrected chi connectivity index (χ0v) is 22.6. The van der Waals surface area contributed by atoms with Gasteiger partial charge in [-0.3, -0.25) is 14.4 Å². The van der Waals surface area contributed by atoms with E-state index >= 15 is 0 Å². The number of benzene rings is 2. The van der Waals surface area contributed by atoms with Crippen molar-refractivity contribution in [2.75, 3.05) is 12.4 Å². The minimum atomic E-state index is -0.500. The van der Waals surface area contributed by atoms with Gasteiger partial charge in [0.1, 0.15) is 12.2 Å². The number of anilines is 1. The lowest BCUT2D eigenvalue weighted by molar-refractivity contribution is -0.139. The molecule has 208 valence electrons. The summed E-state index contributed by atoms with van der Waals surface area (Å²) in [6.07, 6.45) is 10.3. The van der Waals surface area contributed by atoms with E-state index in [-0.39, 0.29) is 30.6 Å². The first-order chi connectivity index (χ1) is 19.9. The van der Waals surface area contributed by atoms with Crippen LogP contribution in [-0.2, 0) is 25.5 Å². The molecule has 3 heterocycles. The van der Waals surface area contributed by atoms with Gasteiger partial charge < -0.3 is 20.4 Å². The van der Waals surface area contributed by atoms with Gasteiger partial charge in [-0.05, 0) is 52.8 Å². The van der Waals surface area contributed by atoms with Crippen molar-refractivity contribution in [3.8, 4) is 16.9 Å². The molecule has 1 aliphatic heterocycles. The number of halogens is 1. The lowest BCUT2D eigenvalue weighted by atomic mass is 10.0. The number of nitrogens with zero attached hydrogens (tertiary/aromatic N) is 5. The standard InChI is InChI=1S/C28H25ClN8O4/c1-41-27(40)13-17-6-9-20-22(12-17)33-25(38)5-3-2-4-21(28-30-15-23(20)34-28)32-26(39)11-7-18-14-19(29)8-10-24(18)37-16-31-35-36-37/h2-3,6-12,14-16,21H,4-5,13H2,1H3,(H,30,34)(H,32,39)(H,33,38)/b3-2+,11-7+/t21-/m0/s1. The lowest BCUT2D eigenvalue weighted by Gasteiger charge is -2.15. The van der Waals surface area contributed by atoms with Gasteiger partial charge in [0, 0.05) is 28.6 Å². The monoisotopic (exact) mass is 572 g/mol. The number of hydrogen-bond donors (Lipinski definition) is 3. The second-order valence-electron chi connectivity index (χ2n) is 9.13. The maximum Gasteiger partial charge on any atom is 0.309 e. The van der Waals surface area contributed by atoms with Crippen molar-refractivity contribution in [1.82, 2.24) is 35.5 Å². The molecular formula is C28H25ClN8O4. The SMILES string of the molecule is COC(=O)Cc1ccc2c(c1)NC(=O)C/C=C/C[C@H](NC(=O)/C=C/c1cc(Cl)ccc1-n1cnnn1)c1ncc-2[nH]1. The maximum absolute atomic E-state index is 13.0. The zero-order chi connectivity index (χ0) is 28.8. The van der Waals surface area contributed by atoms with Crippen LogP contribution in [0.25, 0.3) is 23.0 Å². The zero-order valence-electron chi connectivity index (χ0n) is 21.9. The molecular weight excluding hydrogens is 548 g/mol. The molecule has 0 spiro atoms. The Balaban J connectivity index is 1.40. The molecule has 0 saturated carbocycles. The van der Waals surface area contributed by atoms with Gasteiger partial charge in [0.25, 0.3) is 0 Å². The fourth-order valence-corrected chi connectivity index (χ4v) is 4.50. The van der Waals surface area contributed by atoms with Crippen LogP contribution in [0.3, 0.4) is 0 Å². The summed E-state index contributed by atoms with van der Waals surface area (Å²) in [5.74, 6) is -0.422. The highest BCUT2D eigenvalue weighted by Gasteiger charge is 2.19. The summed E-state index contributed by atoms with van der Waals surface area (Å²) >= 11 is 6.18. The van der Waals surface area contributed by atoms with E-state index in [0.29, 0.717) is 51.0 Å². The third kappa shape index (κ3) is 6.73. The van der Waals surface area contributed by atoms with Gasteiger partial charge in [-0.1, -0.05) is 35.9 Å². The van der Waals surface area contributed by atoms with Gasteiger partial charge in [0.15, 0.2) is 0 Å². The largest absolute Gasteiger partial charge is 0.469 e. The van der Waals surface area contributed by atoms with Crippen LogP contribution in [0.5, 0.6) is 0 Å². The number of tetrazole rings is 1. The normalized spacial score (nSPS) is 15.8. The number of ether oxygens (including phenoxy) is 1. The Kier molecular flexibility index (Phi) is 8.30. The fourth-order valence-electron chi connectivity index (χ4n) is 4.32. The molecule has 3 N–H and O–H groups in total. The molecule has 5 rings (SSSR count). The van der Waals surface area contributed by atoms with Crippen molar-refractivity contribution in [3.63, 3.8) is 0 Å². The van der Waals surface area contributed by atoms with Crippen molar-refractivity contribution in [2.45, 2.75) is 25.3 Å². The van der Waals surface area contributed by atoms with E-state index in [4.69, 9.17) is 16.3 Å². The summed E-state index contributed by atoms with van der Waals surface area (Å²) in [5.41, 5.74) is 3.86. The van der Waals surface area contributed by atoms with Crippen LogP contribution < -0.4 is 10.6 Å². The first kappa shape index (κ1) is 27.5. The number of methoxy groups -OCH3 is 1. The van der Waals surface area contributed by atoms with E-state index in [1.54, 1.807) is 54.7 Å². The van der Waals surface area contributed by atoms with Crippen LogP contribution >= 0.6 is 11.6 Å². The maximum atomic E-state index is 13.0. The molecule has 2 amide bonds. The average Bonchev–Trinajstić information content (AvgIpc) is 3.66.